The molecule has 0 unspecified atom stereocenters. The molecule has 12 heavy (non-hydrogen) atoms. The normalized spacial score (nSPS) is 10.9. The smallest absolute Gasteiger partial charge is 0.220 e. The molecule has 1 aromatic heterocycles. The van der Waals surface area contributed by atoms with Gasteiger partial charge in [-0.2, -0.15) is 5.10 Å². The number of aryl methyl sites for hydroxylation is 1. The molecule has 0 aliphatic rings. The van der Waals surface area contributed by atoms with E-state index < -0.39 is 0 Å². The molecule has 0 saturated carbocycles. The fourth-order valence-electron chi connectivity index (χ4n) is 0.984. The van der Waals surface area contributed by atoms with Crippen molar-refractivity contribution in [1.82, 2.24) is 9.78 Å². The summed E-state index contributed by atoms with van der Waals surface area (Å²) in [6.45, 7) is 2.59. The maximum atomic E-state index is 5.37. The zero-order valence-electron chi connectivity index (χ0n) is 7.61. The van der Waals surface area contributed by atoms with Gasteiger partial charge in [-0.1, -0.05) is 0 Å². The van der Waals surface area contributed by atoms with E-state index >= 15 is 0 Å². The molecule has 1 rings (SSSR count). The van der Waals surface area contributed by atoms with E-state index in [1.54, 1.807) is 24.1 Å². The number of hydrogen-bond donors (Lipinski definition) is 0. The standard InChI is InChI=1S/C8H13N3O/c1-4-12-8-7(5-9-2)6-10-11(8)3/h5-6H,4H2,1-3H3. The summed E-state index contributed by atoms with van der Waals surface area (Å²) < 4.78 is 7.06. The molecule has 0 fully saturated rings. The molecule has 0 amide bonds. The number of rotatable bonds is 3. The summed E-state index contributed by atoms with van der Waals surface area (Å²) in [5.74, 6) is 0.767. The van der Waals surface area contributed by atoms with Crippen molar-refractivity contribution in [2.24, 2.45) is 12.0 Å². The lowest BCUT2D eigenvalue weighted by Gasteiger charge is -2.02. The molecule has 0 N–H and O–H groups in total. The molecule has 0 spiro atoms. The van der Waals surface area contributed by atoms with Crippen LogP contribution in [0.1, 0.15) is 12.5 Å². The average Bonchev–Trinajstić information content (AvgIpc) is 2.37. The molecule has 0 radical (unpaired) electrons. The Hall–Kier alpha value is -1.32. The zero-order valence-corrected chi connectivity index (χ0v) is 7.61. The molecule has 4 heteroatoms. The fraction of sp³-hybridized carbons (Fsp3) is 0.500. The van der Waals surface area contributed by atoms with Gasteiger partial charge in [-0.25, -0.2) is 4.68 Å². The largest absolute Gasteiger partial charge is 0.478 e. The maximum Gasteiger partial charge on any atom is 0.220 e. The number of ether oxygens (including phenoxy) is 1. The molecule has 1 aromatic rings. The monoisotopic (exact) mass is 167 g/mol. The van der Waals surface area contributed by atoms with Crippen LogP contribution in [0.4, 0.5) is 0 Å². The van der Waals surface area contributed by atoms with E-state index in [0.29, 0.717) is 6.61 Å². The van der Waals surface area contributed by atoms with Gasteiger partial charge in [-0.05, 0) is 6.92 Å². The van der Waals surface area contributed by atoms with Gasteiger partial charge in [0.15, 0.2) is 0 Å². The first-order valence-corrected chi connectivity index (χ1v) is 3.86. The molecule has 1 heterocycles. The lowest BCUT2D eigenvalue weighted by atomic mass is 10.4. The predicted molar refractivity (Wildman–Crippen MR) is 47.9 cm³/mol. The van der Waals surface area contributed by atoms with Crippen molar-refractivity contribution in [3.63, 3.8) is 0 Å². The molecule has 0 aliphatic carbocycles. The van der Waals surface area contributed by atoms with E-state index in [4.69, 9.17) is 4.74 Å². The van der Waals surface area contributed by atoms with E-state index in [9.17, 15) is 0 Å². The van der Waals surface area contributed by atoms with Crippen molar-refractivity contribution in [3.05, 3.63) is 11.8 Å². The third-order valence-corrected chi connectivity index (χ3v) is 1.46. The van der Waals surface area contributed by atoms with Crippen LogP contribution >= 0.6 is 0 Å². The van der Waals surface area contributed by atoms with Crippen LogP contribution in [0.15, 0.2) is 11.2 Å². The summed E-state index contributed by atoms with van der Waals surface area (Å²) in [5.41, 5.74) is 0.918. The van der Waals surface area contributed by atoms with Crippen LogP contribution in [-0.2, 0) is 7.05 Å². The van der Waals surface area contributed by atoms with Gasteiger partial charge in [0.05, 0.1) is 18.4 Å². The minimum Gasteiger partial charge on any atom is -0.478 e. The van der Waals surface area contributed by atoms with Crippen LogP contribution in [0.25, 0.3) is 0 Å². The van der Waals surface area contributed by atoms with Crippen molar-refractivity contribution in [2.75, 3.05) is 13.7 Å². The van der Waals surface area contributed by atoms with Gasteiger partial charge >= 0.3 is 0 Å². The highest BCUT2D eigenvalue weighted by molar-refractivity contribution is 5.82. The lowest BCUT2D eigenvalue weighted by Crippen LogP contribution is -2.00. The highest BCUT2D eigenvalue weighted by atomic mass is 16.5. The van der Waals surface area contributed by atoms with Crippen LogP contribution in [0, 0.1) is 0 Å². The Kier molecular flexibility index (Phi) is 2.85. The second kappa shape index (κ2) is 3.90. The van der Waals surface area contributed by atoms with Crippen LogP contribution < -0.4 is 4.74 Å². The first-order chi connectivity index (χ1) is 5.79. The topological polar surface area (TPSA) is 39.4 Å². The van der Waals surface area contributed by atoms with Gasteiger partial charge < -0.3 is 4.74 Å². The van der Waals surface area contributed by atoms with Crippen LogP contribution in [0.3, 0.4) is 0 Å². The quantitative estimate of drug-likeness (QED) is 0.626. The van der Waals surface area contributed by atoms with Crippen molar-refractivity contribution in [2.45, 2.75) is 6.92 Å². The average molecular weight is 167 g/mol. The molecular weight excluding hydrogens is 154 g/mol. The summed E-state index contributed by atoms with van der Waals surface area (Å²) in [6, 6.07) is 0. The molecule has 4 nitrogen and oxygen atoms in total. The first kappa shape index (κ1) is 8.77. The predicted octanol–water partition coefficient (Wildman–Crippen LogP) is 0.868. The third kappa shape index (κ3) is 1.64. The first-order valence-electron chi connectivity index (χ1n) is 3.86. The lowest BCUT2D eigenvalue weighted by molar-refractivity contribution is 0.309. The van der Waals surface area contributed by atoms with E-state index in [0.717, 1.165) is 11.4 Å². The maximum absolute atomic E-state index is 5.37. The summed E-state index contributed by atoms with van der Waals surface area (Å²) >= 11 is 0. The Bertz CT molecular complexity index is 278. The van der Waals surface area contributed by atoms with Crippen molar-refractivity contribution in [1.29, 1.82) is 0 Å². The fourth-order valence-corrected chi connectivity index (χ4v) is 0.984. The van der Waals surface area contributed by atoms with E-state index in [1.165, 1.54) is 0 Å². The molecule has 0 aromatic carbocycles. The SMILES string of the molecule is CCOc1c(C=NC)cnn1C. The summed E-state index contributed by atoms with van der Waals surface area (Å²) in [6.07, 6.45) is 3.47. The summed E-state index contributed by atoms with van der Waals surface area (Å²) in [7, 11) is 3.57. The molecule has 0 aliphatic heterocycles. The van der Waals surface area contributed by atoms with Crippen LogP contribution in [0.2, 0.25) is 0 Å². The molecule has 0 bridgehead atoms. The number of hydrogen-bond acceptors (Lipinski definition) is 3. The minimum absolute atomic E-state index is 0.643. The Morgan fingerprint density at radius 1 is 1.75 bits per heavy atom. The third-order valence-electron chi connectivity index (χ3n) is 1.46. The van der Waals surface area contributed by atoms with Crippen LogP contribution in [0.5, 0.6) is 5.88 Å². The zero-order chi connectivity index (χ0) is 8.97. The van der Waals surface area contributed by atoms with Gasteiger partial charge in [-0.3, -0.25) is 4.99 Å². The number of aliphatic imine (C=N–C) groups is 1. The highest BCUT2D eigenvalue weighted by Crippen LogP contribution is 2.14. The Morgan fingerprint density at radius 2 is 2.50 bits per heavy atom. The van der Waals surface area contributed by atoms with Gasteiger partial charge in [0.25, 0.3) is 0 Å². The Labute approximate surface area is 71.9 Å². The van der Waals surface area contributed by atoms with Gasteiger partial charge in [-0.15, -0.1) is 0 Å². The van der Waals surface area contributed by atoms with Crippen molar-refractivity contribution in [3.8, 4) is 5.88 Å². The van der Waals surface area contributed by atoms with Crippen molar-refractivity contribution >= 4 is 6.21 Å². The van der Waals surface area contributed by atoms with Crippen molar-refractivity contribution < 1.29 is 4.74 Å². The number of nitrogens with zero attached hydrogens (tertiary/aromatic N) is 3. The van der Waals surface area contributed by atoms with Crippen LogP contribution in [-0.4, -0.2) is 29.6 Å². The van der Waals surface area contributed by atoms with Gasteiger partial charge in [0, 0.05) is 20.3 Å². The van der Waals surface area contributed by atoms with E-state index in [-0.39, 0.29) is 0 Å². The second-order valence-electron chi connectivity index (χ2n) is 2.35. The minimum atomic E-state index is 0.643. The second-order valence-corrected chi connectivity index (χ2v) is 2.35. The highest BCUT2D eigenvalue weighted by Gasteiger charge is 2.05. The molecule has 0 saturated heterocycles. The number of aromatic nitrogens is 2. The van der Waals surface area contributed by atoms with E-state index in [2.05, 4.69) is 10.1 Å². The summed E-state index contributed by atoms with van der Waals surface area (Å²) in [4.78, 5) is 3.90. The van der Waals surface area contributed by atoms with Gasteiger partial charge in [0.2, 0.25) is 5.88 Å². The molecular formula is C8H13N3O. The Balaban J connectivity index is 2.95. The summed E-state index contributed by atoms with van der Waals surface area (Å²) in [5, 5.41) is 4.05. The van der Waals surface area contributed by atoms with E-state index in [1.807, 2.05) is 14.0 Å². The molecule has 0 atom stereocenters. The Morgan fingerprint density at radius 3 is 3.08 bits per heavy atom. The van der Waals surface area contributed by atoms with Gasteiger partial charge in [0.1, 0.15) is 0 Å². The molecule has 66 valence electrons.